The molecule has 2 aromatic carbocycles. The molecular weight excluding hydrogens is 335 g/mol. The summed E-state index contributed by atoms with van der Waals surface area (Å²) in [6.45, 7) is -0.0942. The number of carbonyl (C=O) groups is 1. The van der Waals surface area contributed by atoms with Crippen LogP contribution in [0, 0.1) is 0 Å². The molecule has 0 aliphatic carbocycles. The van der Waals surface area contributed by atoms with Crippen molar-refractivity contribution in [1.82, 2.24) is 5.32 Å². The Morgan fingerprint density at radius 1 is 1.04 bits per heavy atom. The molecule has 4 nitrogen and oxygen atoms in total. The number of hydrogen-bond acceptors (Lipinski definition) is 3. The molecule has 1 amide bonds. The van der Waals surface area contributed by atoms with Crippen LogP contribution in [0.15, 0.2) is 54.6 Å². The highest BCUT2D eigenvalue weighted by Crippen LogP contribution is 2.18. The Morgan fingerprint density at radius 3 is 2.20 bits per heavy atom. The molecule has 0 aliphatic heterocycles. The molecule has 2 rings (SSSR count). The first-order chi connectivity index (χ1) is 11.9. The van der Waals surface area contributed by atoms with Crippen LogP contribution in [0.4, 0.5) is 13.2 Å². The number of alkyl halides is 3. The van der Waals surface area contributed by atoms with Crippen LogP contribution >= 0.6 is 0 Å². The second-order valence-electron chi connectivity index (χ2n) is 5.34. The van der Waals surface area contributed by atoms with Gasteiger partial charge in [0.2, 0.25) is 0 Å². The van der Waals surface area contributed by atoms with Crippen molar-refractivity contribution in [2.75, 3.05) is 13.7 Å². The van der Waals surface area contributed by atoms with Crippen molar-refractivity contribution in [1.29, 1.82) is 0 Å². The van der Waals surface area contributed by atoms with E-state index in [0.29, 0.717) is 11.5 Å². The van der Waals surface area contributed by atoms with Crippen LogP contribution < -0.4 is 14.8 Å². The second-order valence-corrected chi connectivity index (χ2v) is 5.34. The summed E-state index contributed by atoms with van der Waals surface area (Å²) in [7, 11) is 1.53. The van der Waals surface area contributed by atoms with E-state index in [0.717, 1.165) is 5.56 Å². The van der Waals surface area contributed by atoms with Gasteiger partial charge >= 0.3 is 12.1 Å². The zero-order chi connectivity index (χ0) is 18.3. The topological polar surface area (TPSA) is 47.6 Å². The summed E-state index contributed by atoms with van der Waals surface area (Å²) in [4.78, 5) is 11.3. The zero-order valence-electron chi connectivity index (χ0n) is 13.5. The lowest BCUT2D eigenvalue weighted by Crippen LogP contribution is -2.46. The van der Waals surface area contributed by atoms with Crippen LogP contribution in [0.25, 0.3) is 0 Å². The molecule has 1 atom stereocenters. The van der Waals surface area contributed by atoms with Crippen LogP contribution in [0.1, 0.15) is 5.56 Å². The van der Waals surface area contributed by atoms with Gasteiger partial charge in [0, 0.05) is 0 Å². The van der Waals surface area contributed by atoms with Crippen molar-refractivity contribution in [3.05, 3.63) is 60.2 Å². The van der Waals surface area contributed by atoms with E-state index in [4.69, 9.17) is 9.47 Å². The fourth-order valence-electron chi connectivity index (χ4n) is 2.19. The Hall–Kier alpha value is -2.70. The summed E-state index contributed by atoms with van der Waals surface area (Å²) >= 11 is 0. The molecule has 2 aromatic rings. The molecule has 0 aliphatic rings. The summed E-state index contributed by atoms with van der Waals surface area (Å²) in [5.74, 6) is -0.870. The first-order valence-electron chi connectivity index (χ1n) is 7.57. The summed E-state index contributed by atoms with van der Waals surface area (Å²) in [5.41, 5.74) is 0.799. The lowest BCUT2D eigenvalue weighted by molar-refractivity contribution is -0.174. The van der Waals surface area contributed by atoms with E-state index in [1.54, 1.807) is 54.6 Å². The van der Waals surface area contributed by atoms with Crippen molar-refractivity contribution < 1.29 is 27.4 Å². The van der Waals surface area contributed by atoms with E-state index >= 15 is 0 Å². The van der Waals surface area contributed by atoms with Gasteiger partial charge in [-0.3, -0.25) is 4.79 Å². The van der Waals surface area contributed by atoms with Crippen molar-refractivity contribution in [2.24, 2.45) is 0 Å². The first kappa shape index (κ1) is 18.6. The molecule has 0 aromatic heterocycles. The summed E-state index contributed by atoms with van der Waals surface area (Å²) in [6.07, 6.45) is -4.71. The molecule has 25 heavy (non-hydrogen) atoms. The number of rotatable bonds is 7. The van der Waals surface area contributed by atoms with Crippen molar-refractivity contribution in [3.8, 4) is 11.5 Å². The smallest absolute Gasteiger partial charge is 0.471 e. The lowest BCUT2D eigenvalue weighted by atomic mass is 10.1. The second kappa shape index (κ2) is 8.41. The fourth-order valence-corrected chi connectivity index (χ4v) is 2.19. The van der Waals surface area contributed by atoms with Crippen LogP contribution in [0.2, 0.25) is 0 Å². The minimum atomic E-state index is -4.94. The van der Waals surface area contributed by atoms with E-state index in [1.807, 2.05) is 5.32 Å². The van der Waals surface area contributed by atoms with E-state index < -0.39 is 18.1 Å². The standard InChI is InChI=1S/C18H18F3NO3/c1-24-15-7-9-16(10-8-15)25-12-14(22-17(23)18(19,20)21)11-13-5-3-2-4-6-13/h2-10,14H,11-12H2,1H3,(H,22,23)/t14-/m0/s1. The van der Waals surface area contributed by atoms with Gasteiger partial charge in [-0.15, -0.1) is 0 Å². The highest BCUT2D eigenvalue weighted by Gasteiger charge is 2.39. The fraction of sp³-hybridized carbons (Fsp3) is 0.278. The summed E-state index contributed by atoms with van der Waals surface area (Å²) in [5, 5.41) is 1.98. The molecule has 0 spiro atoms. The van der Waals surface area contributed by atoms with Gasteiger partial charge in [0.15, 0.2) is 0 Å². The monoisotopic (exact) mass is 353 g/mol. The van der Waals surface area contributed by atoms with Gasteiger partial charge in [-0.2, -0.15) is 13.2 Å². The van der Waals surface area contributed by atoms with Gasteiger partial charge in [-0.25, -0.2) is 0 Å². The van der Waals surface area contributed by atoms with E-state index in [-0.39, 0.29) is 13.0 Å². The maximum atomic E-state index is 12.5. The number of methoxy groups -OCH3 is 1. The van der Waals surface area contributed by atoms with Crippen LogP contribution in [0.3, 0.4) is 0 Å². The van der Waals surface area contributed by atoms with Gasteiger partial charge in [0.1, 0.15) is 18.1 Å². The molecule has 134 valence electrons. The van der Waals surface area contributed by atoms with Crippen molar-refractivity contribution in [3.63, 3.8) is 0 Å². The third kappa shape index (κ3) is 6.02. The third-order valence-corrected chi connectivity index (χ3v) is 3.43. The molecule has 0 bridgehead atoms. The predicted octanol–water partition coefficient (Wildman–Crippen LogP) is 3.36. The summed E-state index contributed by atoms with van der Waals surface area (Å²) in [6, 6.07) is 14.7. The van der Waals surface area contributed by atoms with Gasteiger partial charge in [0.05, 0.1) is 13.2 Å². The molecule has 0 fully saturated rings. The molecule has 0 heterocycles. The number of ether oxygens (including phenoxy) is 2. The first-order valence-corrected chi connectivity index (χ1v) is 7.57. The minimum Gasteiger partial charge on any atom is -0.497 e. The van der Waals surface area contributed by atoms with Crippen LogP contribution in [0.5, 0.6) is 11.5 Å². The Bertz CT molecular complexity index is 672. The predicted molar refractivity (Wildman–Crippen MR) is 86.6 cm³/mol. The maximum absolute atomic E-state index is 12.5. The van der Waals surface area contributed by atoms with E-state index in [9.17, 15) is 18.0 Å². The third-order valence-electron chi connectivity index (χ3n) is 3.43. The van der Waals surface area contributed by atoms with Gasteiger partial charge in [-0.05, 0) is 36.2 Å². The van der Waals surface area contributed by atoms with Gasteiger partial charge in [0.25, 0.3) is 0 Å². The van der Waals surface area contributed by atoms with Gasteiger partial charge < -0.3 is 14.8 Å². The molecular formula is C18H18F3NO3. The van der Waals surface area contributed by atoms with E-state index in [1.165, 1.54) is 7.11 Å². The number of amides is 1. The average Bonchev–Trinajstić information content (AvgIpc) is 2.60. The van der Waals surface area contributed by atoms with Crippen molar-refractivity contribution in [2.45, 2.75) is 18.6 Å². The highest BCUT2D eigenvalue weighted by atomic mass is 19.4. The number of benzene rings is 2. The van der Waals surface area contributed by atoms with E-state index in [2.05, 4.69) is 0 Å². The van der Waals surface area contributed by atoms with Gasteiger partial charge in [-0.1, -0.05) is 30.3 Å². The number of halogens is 3. The summed E-state index contributed by atoms with van der Waals surface area (Å²) < 4.78 is 48.1. The van der Waals surface area contributed by atoms with Crippen LogP contribution in [-0.2, 0) is 11.2 Å². The van der Waals surface area contributed by atoms with Crippen molar-refractivity contribution >= 4 is 5.91 Å². The molecule has 1 N–H and O–H groups in total. The average molecular weight is 353 g/mol. The Labute approximate surface area is 143 Å². The Kier molecular flexibility index (Phi) is 6.27. The zero-order valence-corrected chi connectivity index (χ0v) is 13.5. The Morgan fingerprint density at radius 2 is 1.64 bits per heavy atom. The quantitative estimate of drug-likeness (QED) is 0.830. The minimum absolute atomic E-state index is 0.0942. The number of nitrogens with one attached hydrogen (secondary N) is 1. The molecule has 0 saturated carbocycles. The largest absolute Gasteiger partial charge is 0.497 e. The SMILES string of the molecule is COc1ccc(OC[C@H](Cc2ccccc2)NC(=O)C(F)(F)F)cc1. The number of carbonyl (C=O) groups excluding carboxylic acids is 1. The molecule has 0 radical (unpaired) electrons. The molecule has 7 heteroatoms. The normalized spacial score (nSPS) is 12.3. The maximum Gasteiger partial charge on any atom is 0.471 e. The lowest BCUT2D eigenvalue weighted by Gasteiger charge is -2.20. The van der Waals surface area contributed by atoms with Crippen LogP contribution in [-0.4, -0.2) is 31.8 Å². The Balaban J connectivity index is 2.03. The number of hydrogen-bond donors (Lipinski definition) is 1. The highest BCUT2D eigenvalue weighted by molar-refractivity contribution is 5.82. The molecule has 0 unspecified atom stereocenters. The molecule has 0 saturated heterocycles.